The van der Waals surface area contributed by atoms with E-state index in [-0.39, 0.29) is 6.15 Å². The zero-order valence-electron chi connectivity index (χ0n) is 6.13. The normalized spacial score (nSPS) is 16.5. The van der Waals surface area contributed by atoms with Gasteiger partial charge in [-0.15, -0.1) is 11.3 Å². The summed E-state index contributed by atoms with van der Waals surface area (Å²) in [5.74, 6) is 0.837. The largest absolute Gasteiger partial charge is 0.344 e. The molecule has 2 nitrogen and oxygen atoms in total. The molecule has 0 radical (unpaired) electrons. The molecule has 0 unspecified atom stereocenters. The third-order valence-electron chi connectivity index (χ3n) is 1.56. The van der Waals surface area contributed by atoms with Gasteiger partial charge < -0.3 is 6.15 Å². The smallest absolute Gasteiger partial charge is 0.0959 e. The molecule has 0 amide bonds. The molecule has 0 bridgehead atoms. The monoisotopic (exact) mass is 156 g/mol. The summed E-state index contributed by atoms with van der Waals surface area (Å²) in [5.41, 5.74) is 1.18. The molecule has 0 saturated heterocycles. The van der Waals surface area contributed by atoms with E-state index in [1.165, 1.54) is 23.5 Å². The lowest BCUT2D eigenvalue weighted by atomic mass is 10.4. The Morgan fingerprint density at radius 2 is 2.30 bits per heavy atom. The maximum atomic E-state index is 4.39. The Balaban J connectivity index is 0.000000500. The number of hydrogen-bond acceptors (Lipinski definition) is 3. The first-order chi connectivity index (χ1) is 4.36. The molecular weight excluding hydrogens is 144 g/mol. The zero-order valence-corrected chi connectivity index (χ0v) is 6.95. The van der Waals surface area contributed by atoms with Crippen molar-refractivity contribution < 1.29 is 0 Å². The second-order valence-electron chi connectivity index (χ2n) is 2.60. The molecule has 3 N–H and O–H groups in total. The van der Waals surface area contributed by atoms with E-state index >= 15 is 0 Å². The van der Waals surface area contributed by atoms with E-state index in [0.29, 0.717) is 0 Å². The third-order valence-corrected chi connectivity index (χ3v) is 2.69. The predicted octanol–water partition coefficient (Wildman–Crippen LogP) is 2.49. The fraction of sp³-hybridized carbons (Fsp3) is 0.571. The lowest BCUT2D eigenvalue weighted by Crippen LogP contribution is -1.75. The van der Waals surface area contributed by atoms with Crippen LogP contribution in [0.25, 0.3) is 0 Å². The maximum Gasteiger partial charge on any atom is 0.0959 e. The van der Waals surface area contributed by atoms with Gasteiger partial charge in [-0.05, 0) is 19.8 Å². The lowest BCUT2D eigenvalue weighted by Gasteiger charge is -1.82. The molecule has 0 aliphatic heterocycles. The van der Waals surface area contributed by atoms with Gasteiger partial charge in [0, 0.05) is 17.0 Å². The van der Waals surface area contributed by atoms with Gasteiger partial charge in [-0.25, -0.2) is 4.98 Å². The summed E-state index contributed by atoms with van der Waals surface area (Å²) >= 11 is 1.81. The highest BCUT2D eigenvalue weighted by Crippen LogP contribution is 2.41. The van der Waals surface area contributed by atoms with Gasteiger partial charge in [-0.1, -0.05) is 0 Å². The van der Waals surface area contributed by atoms with Crippen molar-refractivity contribution in [2.24, 2.45) is 0 Å². The Labute approximate surface area is 64.9 Å². The molecule has 1 aromatic heterocycles. The van der Waals surface area contributed by atoms with Crippen LogP contribution in [0.2, 0.25) is 0 Å². The summed E-state index contributed by atoms with van der Waals surface area (Å²) in [5, 5.41) is 3.49. The molecule has 1 aromatic rings. The molecule has 1 fully saturated rings. The van der Waals surface area contributed by atoms with Gasteiger partial charge in [0.15, 0.2) is 0 Å². The molecule has 3 heteroatoms. The Hall–Kier alpha value is -0.410. The number of hydrogen-bond donors (Lipinski definition) is 1. The molecule has 1 heterocycles. The summed E-state index contributed by atoms with van der Waals surface area (Å²) < 4.78 is 0. The zero-order chi connectivity index (χ0) is 6.27. The van der Waals surface area contributed by atoms with E-state index in [1.807, 2.05) is 11.3 Å². The first-order valence-electron chi connectivity index (χ1n) is 3.28. The summed E-state index contributed by atoms with van der Waals surface area (Å²) in [6.07, 6.45) is 2.74. The lowest BCUT2D eigenvalue weighted by molar-refractivity contribution is 1.06. The van der Waals surface area contributed by atoms with Crippen molar-refractivity contribution in [1.82, 2.24) is 11.1 Å². The van der Waals surface area contributed by atoms with Crippen LogP contribution in [0, 0.1) is 6.92 Å². The second kappa shape index (κ2) is 2.68. The summed E-state index contributed by atoms with van der Waals surface area (Å²) in [7, 11) is 0. The van der Waals surface area contributed by atoms with E-state index in [1.54, 1.807) is 0 Å². The fourth-order valence-electron chi connectivity index (χ4n) is 0.890. The minimum atomic E-state index is 0. The van der Waals surface area contributed by atoms with Crippen LogP contribution < -0.4 is 6.15 Å². The van der Waals surface area contributed by atoms with Crippen LogP contribution in [0.4, 0.5) is 0 Å². The number of thiazole rings is 1. The highest BCUT2D eigenvalue weighted by Gasteiger charge is 2.25. The van der Waals surface area contributed by atoms with Gasteiger partial charge in [0.05, 0.1) is 5.01 Å². The van der Waals surface area contributed by atoms with Crippen molar-refractivity contribution in [3.63, 3.8) is 0 Å². The molecular formula is C7H12N2S. The van der Waals surface area contributed by atoms with Crippen LogP contribution in [0.15, 0.2) is 5.38 Å². The molecule has 0 aromatic carbocycles. The topological polar surface area (TPSA) is 47.9 Å². The van der Waals surface area contributed by atoms with Crippen molar-refractivity contribution in [3.8, 4) is 0 Å². The van der Waals surface area contributed by atoms with Crippen molar-refractivity contribution in [1.29, 1.82) is 0 Å². The van der Waals surface area contributed by atoms with Gasteiger partial charge in [0.25, 0.3) is 0 Å². The molecule has 1 aliphatic rings. The molecule has 0 atom stereocenters. The molecule has 1 aliphatic carbocycles. The van der Waals surface area contributed by atoms with Crippen molar-refractivity contribution in [3.05, 3.63) is 16.1 Å². The Bertz CT molecular complexity index is 215. The Morgan fingerprint density at radius 3 is 2.70 bits per heavy atom. The third kappa shape index (κ3) is 1.36. The van der Waals surface area contributed by atoms with Crippen molar-refractivity contribution >= 4 is 11.3 Å². The highest BCUT2D eigenvalue weighted by molar-refractivity contribution is 7.09. The first-order valence-corrected chi connectivity index (χ1v) is 4.16. The summed E-state index contributed by atoms with van der Waals surface area (Å²) in [4.78, 5) is 4.39. The summed E-state index contributed by atoms with van der Waals surface area (Å²) in [6.45, 7) is 2.06. The number of nitrogens with zero attached hydrogens (tertiary/aromatic N) is 1. The average molecular weight is 156 g/mol. The van der Waals surface area contributed by atoms with Gasteiger partial charge in [-0.3, -0.25) is 0 Å². The maximum absolute atomic E-state index is 4.39. The minimum Gasteiger partial charge on any atom is -0.344 e. The van der Waals surface area contributed by atoms with E-state index in [9.17, 15) is 0 Å². The molecule has 1 saturated carbocycles. The number of rotatable bonds is 1. The minimum absolute atomic E-state index is 0. The van der Waals surface area contributed by atoms with Crippen LogP contribution in [-0.4, -0.2) is 4.98 Å². The van der Waals surface area contributed by atoms with E-state index in [4.69, 9.17) is 0 Å². The number of aromatic nitrogens is 1. The van der Waals surface area contributed by atoms with Gasteiger partial charge in [0.2, 0.25) is 0 Å². The van der Waals surface area contributed by atoms with E-state index < -0.39 is 0 Å². The van der Waals surface area contributed by atoms with E-state index in [0.717, 1.165) is 5.92 Å². The van der Waals surface area contributed by atoms with Gasteiger partial charge in [0.1, 0.15) is 0 Å². The average Bonchev–Trinajstić information content (AvgIpc) is 2.58. The first kappa shape index (κ1) is 7.69. The Morgan fingerprint density at radius 1 is 1.60 bits per heavy atom. The van der Waals surface area contributed by atoms with Crippen molar-refractivity contribution in [2.45, 2.75) is 25.7 Å². The van der Waals surface area contributed by atoms with Crippen molar-refractivity contribution in [2.75, 3.05) is 0 Å². The fourth-order valence-corrected chi connectivity index (χ4v) is 1.86. The number of aryl methyl sites for hydroxylation is 1. The molecule has 10 heavy (non-hydrogen) atoms. The van der Waals surface area contributed by atoms with Gasteiger partial charge in [-0.2, -0.15) is 0 Å². The van der Waals surface area contributed by atoms with Crippen LogP contribution in [-0.2, 0) is 0 Å². The van der Waals surface area contributed by atoms with Crippen LogP contribution in [0.1, 0.15) is 29.5 Å². The van der Waals surface area contributed by atoms with Gasteiger partial charge >= 0.3 is 0 Å². The molecule has 0 spiro atoms. The SMILES string of the molecule is Cc1csc(C2CC2)n1.N. The summed E-state index contributed by atoms with van der Waals surface area (Å²) in [6, 6.07) is 0. The standard InChI is InChI=1S/C7H9NS.H3N/c1-5-4-9-7(8-5)6-2-3-6;/h4,6H,2-3H2,1H3;1H3. The highest BCUT2D eigenvalue weighted by atomic mass is 32.1. The Kier molecular flexibility index (Phi) is 2.06. The van der Waals surface area contributed by atoms with Crippen LogP contribution in [0.5, 0.6) is 0 Å². The van der Waals surface area contributed by atoms with Crippen LogP contribution >= 0.6 is 11.3 Å². The quantitative estimate of drug-likeness (QED) is 0.679. The van der Waals surface area contributed by atoms with E-state index in [2.05, 4.69) is 17.3 Å². The predicted molar refractivity (Wildman–Crippen MR) is 43.8 cm³/mol. The van der Waals surface area contributed by atoms with Crippen LogP contribution in [0.3, 0.4) is 0 Å². The molecule has 56 valence electrons. The molecule has 2 rings (SSSR count). The second-order valence-corrected chi connectivity index (χ2v) is 3.49.